The van der Waals surface area contributed by atoms with E-state index in [9.17, 15) is 0 Å². The lowest BCUT2D eigenvalue weighted by molar-refractivity contribution is -0.0331. The van der Waals surface area contributed by atoms with Crippen LogP contribution in [0, 0.1) is 0 Å². The SMILES string of the molecule is CN(C)CCOc1ccccc1CN1CCO[C@H](c2ccc(Cl)cc2)C1. The summed E-state index contributed by atoms with van der Waals surface area (Å²) in [6.45, 7) is 5.00. The zero-order valence-electron chi connectivity index (χ0n) is 15.5. The Labute approximate surface area is 161 Å². The largest absolute Gasteiger partial charge is 0.492 e. The van der Waals surface area contributed by atoms with Gasteiger partial charge in [0.15, 0.2) is 0 Å². The van der Waals surface area contributed by atoms with Crippen LogP contribution in [0.4, 0.5) is 0 Å². The third kappa shape index (κ3) is 5.45. The van der Waals surface area contributed by atoms with Crippen molar-refractivity contribution in [2.45, 2.75) is 12.6 Å². The van der Waals surface area contributed by atoms with Crippen LogP contribution in [0.5, 0.6) is 5.75 Å². The van der Waals surface area contributed by atoms with Crippen LogP contribution in [-0.2, 0) is 11.3 Å². The van der Waals surface area contributed by atoms with Crippen molar-refractivity contribution >= 4 is 11.6 Å². The summed E-state index contributed by atoms with van der Waals surface area (Å²) in [5.41, 5.74) is 2.40. The molecular formula is C21H27ClN2O2. The molecule has 0 N–H and O–H groups in total. The van der Waals surface area contributed by atoms with Gasteiger partial charge in [0.05, 0.1) is 12.7 Å². The zero-order chi connectivity index (χ0) is 18.4. The first-order valence-corrected chi connectivity index (χ1v) is 9.44. The van der Waals surface area contributed by atoms with Crippen LogP contribution in [0.1, 0.15) is 17.2 Å². The maximum Gasteiger partial charge on any atom is 0.123 e. The summed E-state index contributed by atoms with van der Waals surface area (Å²) < 4.78 is 12.0. The normalized spacial score (nSPS) is 18.2. The van der Waals surface area contributed by atoms with E-state index >= 15 is 0 Å². The predicted octanol–water partition coefficient (Wildman–Crippen LogP) is 3.85. The van der Waals surface area contributed by atoms with Crippen LogP contribution in [0.2, 0.25) is 5.02 Å². The molecule has 0 unspecified atom stereocenters. The van der Waals surface area contributed by atoms with Gasteiger partial charge in [0.25, 0.3) is 0 Å². The molecule has 1 aliphatic heterocycles. The van der Waals surface area contributed by atoms with E-state index in [2.05, 4.69) is 54.2 Å². The van der Waals surface area contributed by atoms with Gasteiger partial charge in [0.1, 0.15) is 12.4 Å². The number of halogens is 1. The smallest absolute Gasteiger partial charge is 0.123 e. The first-order valence-electron chi connectivity index (χ1n) is 9.06. The molecule has 5 heteroatoms. The molecule has 3 rings (SSSR count). The topological polar surface area (TPSA) is 24.9 Å². The summed E-state index contributed by atoms with van der Waals surface area (Å²) in [4.78, 5) is 4.55. The van der Waals surface area contributed by atoms with E-state index in [-0.39, 0.29) is 6.10 Å². The standard InChI is InChI=1S/C21H27ClN2O2/c1-23(2)11-13-25-20-6-4-3-5-18(20)15-24-12-14-26-21(16-24)17-7-9-19(22)10-8-17/h3-10,21H,11-16H2,1-2H3/t21-/m0/s1. The Morgan fingerprint density at radius 2 is 1.92 bits per heavy atom. The highest BCUT2D eigenvalue weighted by molar-refractivity contribution is 6.30. The second-order valence-corrected chi connectivity index (χ2v) is 7.34. The Bertz CT molecular complexity index is 691. The summed E-state index contributed by atoms with van der Waals surface area (Å²) in [5, 5.41) is 0.755. The van der Waals surface area contributed by atoms with Crippen LogP contribution in [0.3, 0.4) is 0 Å². The van der Waals surface area contributed by atoms with Crippen molar-refractivity contribution in [2.75, 3.05) is 46.9 Å². The minimum Gasteiger partial charge on any atom is -0.492 e. The maximum absolute atomic E-state index is 6.00. The van der Waals surface area contributed by atoms with Gasteiger partial charge < -0.3 is 14.4 Å². The van der Waals surface area contributed by atoms with Gasteiger partial charge in [0.2, 0.25) is 0 Å². The molecule has 1 saturated heterocycles. The Balaban J connectivity index is 1.62. The number of hydrogen-bond acceptors (Lipinski definition) is 4. The predicted molar refractivity (Wildman–Crippen MR) is 106 cm³/mol. The van der Waals surface area contributed by atoms with E-state index in [1.54, 1.807) is 0 Å². The molecule has 0 spiro atoms. The first-order chi connectivity index (χ1) is 12.6. The highest BCUT2D eigenvalue weighted by Crippen LogP contribution is 2.26. The Morgan fingerprint density at radius 1 is 1.15 bits per heavy atom. The van der Waals surface area contributed by atoms with E-state index in [0.717, 1.165) is 43.6 Å². The van der Waals surface area contributed by atoms with Crippen molar-refractivity contribution in [1.82, 2.24) is 9.80 Å². The lowest BCUT2D eigenvalue weighted by atomic mass is 10.1. The van der Waals surface area contributed by atoms with Gasteiger partial charge >= 0.3 is 0 Å². The van der Waals surface area contributed by atoms with E-state index in [1.165, 1.54) is 11.1 Å². The highest BCUT2D eigenvalue weighted by atomic mass is 35.5. The summed E-state index contributed by atoms with van der Waals surface area (Å²) in [6.07, 6.45) is 0.0860. The fourth-order valence-electron chi connectivity index (χ4n) is 3.08. The van der Waals surface area contributed by atoms with Crippen molar-refractivity contribution in [3.8, 4) is 5.75 Å². The molecule has 4 nitrogen and oxygen atoms in total. The number of morpholine rings is 1. The number of benzene rings is 2. The van der Waals surface area contributed by atoms with E-state index in [4.69, 9.17) is 21.1 Å². The average Bonchev–Trinajstić information content (AvgIpc) is 2.64. The zero-order valence-corrected chi connectivity index (χ0v) is 16.3. The van der Waals surface area contributed by atoms with Gasteiger partial charge in [-0.3, -0.25) is 4.90 Å². The lowest BCUT2D eigenvalue weighted by Crippen LogP contribution is -2.37. The molecule has 2 aromatic rings. The Kier molecular flexibility index (Phi) is 6.92. The number of nitrogens with zero attached hydrogens (tertiary/aromatic N) is 2. The van der Waals surface area contributed by atoms with Crippen LogP contribution in [0.25, 0.3) is 0 Å². The molecule has 140 valence electrons. The third-order valence-electron chi connectivity index (χ3n) is 4.55. The van der Waals surface area contributed by atoms with Gasteiger partial charge in [-0.1, -0.05) is 41.9 Å². The molecule has 0 amide bonds. The maximum atomic E-state index is 6.00. The molecule has 1 heterocycles. The molecule has 0 aliphatic carbocycles. The fourth-order valence-corrected chi connectivity index (χ4v) is 3.21. The van der Waals surface area contributed by atoms with Gasteiger partial charge in [0, 0.05) is 36.8 Å². The molecule has 0 aromatic heterocycles. The summed E-state index contributed by atoms with van der Waals surface area (Å²) >= 11 is 6.00. The summed E-state index contributed by atoms with van der Waals surface area (Å²) in [6, 6.07) is 16.3. The molecule has 26 heavy (non-hydrogen) atoms. The van der Waals surface area contributed by atoms with Gasteiger partial charge in [-0.2, -0.15) is 0 Å². The number of likely N-dealkylation sites (N-methyl/N-ethyl adjacent to an activating group) is 1. The number of ether oxygens (including phenoxy) is 2. The molecule has 1 atom stereocenters. The Hall–Kier alpha value is -1.59. The van der Waals surface area contributed by atoms with Gasteiger partial charge in [-0.25, -0.2) is 0 Å². The summed E-state index contributed by atoms with van der Waals surface area (Å²) in [7, 11) is 4.11. The van der Waals surface area contributed by atoms with Gasteiger partial charge in [-0.15, -0.1) is 0 Å². The molecule has 0 saturated carbocycles. The molecule has 0 radical (unpaired) electrons. The first kappa shape index (κ1) is 19.2. The van der Waals surface area contributed by atoms with E-state index in [0.29, 0.717) is 6.61 Å². The lowest BCUT2D eigenvalue weighted by Gasteiger charge is -2.33. The van der Waals surface area contributed by atoms with Crippen LogP contribution >= 0.6 is 11.6 Å². The van der Waals surface area contributed by atoms with Crippen molar-refractivity contribution in [1.29, 1.82) is 0 Å². The highest BCUT2D eigenvalue weighted by Gasteiger charge is 2.22. The summed E-state index contributed by atoms with van der Waals surface area (Å²) in [5.74, 6) is 0.976. The van der Waals surface area contributed by atoms with Crippen molar-refractivity contribution < 1.29 is 9.47 Å². The molecule has 1 aliphatic rings. The quantitative estimate of drug-likeness (QED) is 0.734. The minimum absolute atomic E-state index is 0.0860. The number of rotatable bonds is 7. The minimum atomic E-state index is 0.0860. The molecule has 0 bridgehead atoms. The third-order valence-corrected chi connectivity index (χ3v) is 4.81. The molecule has 2 aromatic carbocycles. The number of para-hydroxylation sites is 1. The van der Waals surface area contributed by atoms with Crippen molar-refractivity contribution in [2.24, 2.45) is 0 Å². The van der Waals surface area contributed by atoms with E-state index < -0.39 is 0 Å². The average molecular weight is 375 g/mol. The van der Waals surface area contributed by atoms with Crippen LogP contribution in [-0.4, -0.2) is 56.7 Å². The number of hydrogen-bond donors (Lipinski definition) is 0. The second-order valence-electron chi connectivity index (χ2n) is 6.91. The second kappa shape index (κ2) is 9.38. The Morgan fingerprint density at radius 3 is 2.69 bits per heavy atom. The van der Waals surface area contributed by atoms with E-state index in [1.807, 2.05) is 18.2 Å². The van der Waals surface area contributed by atoms with Crippen molar-refractivity contribution in [3.05, 3.63) is 64.7 Å². The van der Waals surface area contributed by atoms with Crippen LogP contribution in [0.15, 0.2) is 48.5 Å². The monoisotopic (exact) mass is 374 g/mol. The van der Waals surface area contributed by atoms with Crippen LogP contribution < -0.4 is 4.74 Å². The molecule has 1 fully saturated rings. The van der Waals surface area contributed by atoms with Crippen molar-refractivity contribution in [3.63, 3.8) is 0 Å². The van der Waals surface area contributed by atoms with Gasteiger partial charge in [-0.05, 0) is 37.9 Å². The molecular weight excluding hydrogens is 348 g/mol. The fraction of sp³-hybridized carbons (Fsp3) is 0.429.